The number of rotatable bonds is 3. The van der Waals surface area contributed by atoms with Crippen molar-refractivity contribution >= 4 is 5.97 Å². The van der Waals surface area contributed by atoms with Gasteiger partial charge in [0.25, 0.3) is 0 Å². The average molecular weight is 291 g/mol. The maximum atomic E-state index is 12.3. The number of hydrogen-bond acceptors (Lipinski definition) is 6. The number of cyclic esters (lactones) is 1. The Morgan fingerprint density at radius 1 is 1.33 bits per heavy atom. The Kier molecular flexibility index (Phi) is 2.86. The van der Waals surface area contributed by atoms with Gasteiger partial charge in [0.05, 0.1) is 7.11 Å². The van der Waals surface area contributed by atoms with Crippen molar-refractivity contribution in [3.05, 3.63) is 35.4 Å². The van der Waals surface area contributed by atoms with E-state index >= 15 is 0 Å². The zero-order chi connectivity index (χ0) is 15.3. The summed E-state index contributed by atoms with van der Waals surface area (Å²) in [6.45, 7) is 5.51. The van der Waals surface area contributed by atoms with Crippen LogP contribution in [-0.2, 0) is 19.8 Å². The van der Waals surface area contributed by atoms with Crippen molar-refractivity contribution in [2.24, 2.45) is 0 Å². The Bertz CT molecular complexity index is 637. The van der Waals surface area contributed by atoms with Crippen LogP contribution in [0.4, 0.5) is 0 Å². The Hall–Kier alpha value is -2.24. The molecule has 21 heavy (non-hydrogen) atoms. The van der Waals surface area contributed by atoms with Crippen LogP contribution in [0.1, 0.15) is 43.1 Å². The SMILES string of the molecule is CCC1(C2=COC(C)(C)O2)OC(=O)c2c1ccnc2OC. The molecule has 0 spiro atoms. The summed E-state index contributed by atoms with van der Waals surface area (Å²) in [6, 6.07) is 1.75. The number of hydrogen-bond donors (Lipinski definition) is 0. The van der Waals surface area contributed by atoms with Crippen LogP contribution >= 0.6 is 0 Å². The molecule has 0 saturated heterocycles. The molecule has 0 aromatic carbocycles. The first-order valence-corrected chi connectivity index (χ1v) is 6.78. The van der Waals surface area contributed by atoms with Crippen molar-refractivity contribution in [3.8, 4) is 5.88 Å². The third-order valence-corrected chi connectivity index (χ3v) is 3.72. The summed E-state index contributed by atoms with van der Waals surface area (Å²) in [5.41, 5.74) is 0.0432. The van der Waals surface area contributed by atoms with Gasteiger partial charge in [-0.15, -0.1) is 0 Å². The topological polar surface area (TPSA) is 66.9 Å². The van der Waals surface area contributed by atoms with Crippen molar-refractivity contribution < 1.29 is 23.7 Å². The van der Waals surface area contributed by atoms with E-state index in [-0.39, 0.29) is 5.88 Å². The molecule has 0 saturated carbocycles. The summed E-state index contributed by atoms with van der Waals surface area (Å²) in [5, 5.41) is 0. The molecule has 1 aromatic rings. The molecule has 3 heterocycles. The summed E-state index contributed by atoms with van der Waals surface area (Å²) in [7, 11) is 1.47. The van der Waals surface area contributed by atoms with E-state index in [1.807, 2.05) is 6.92 Å². The van der Waals surface area contributed by atoms with Crippen molar-refractivity contribution in [2.75, 3.05) is 7.11 Å². The molecule has 2 aliphatic heterocycles. The Balaban J connectivity index is 2.14. The van der Waals surface area contributed by atoms with Crippen molar-refractivity contribution in [2.45, 2.75) is 38.6 Å². The van der Waals surface area contributed by atoms with Gasteiger partial charge in [-0.25, -0.2) is 9.78 Å². The fraction of sp³-hybridized carbons (Fsp3) is 0.467. The highest BCUT2D eigenvalue weighted by atomic mass is 16.7. The molecular weight excluding hydrogens is 274 g/mol. The normalized spacial score (nSPS) is 25.5. The highest BCUT2D eigenvalue weighted by molar-refractivity contribution is 5.97. The zero-order valence-corrected chi connectivity index (χ0v) is 12.4. The van der Waals surface area contributed by atoms with Gasteiger partial charge in [-0.05, 0) is 12.5 Å². The molecule has 112 valence electrons. The minimum atomic E-state index is -0.990. The van der Waals surface area contributed by atoms with E-state index in [1.54, 1.807) is 26.1 Å². The average Bonchev–Trinajstić information content (AvgIpc) is 2.97. The van der Waals surface area contributed by atoms with E-state index in [1.165, 1.54) is 13.4 Å². The Labute approximate surface area is 122 Å². The summed E-state index contributed by atoms with van der Waals surface area (Å²) in [5.74, 6) is -0.503. The van der Waals surface area contributed by atoms with Crippen molar-refractivity contribution in [1.82, 2.24) is 4.98 Å². The number of aromatic nitrogens is 1. The van der Waals surface area contributed by atoms with Crippen molar-refractivity contribution in [3.63, 3.8) is 0 Å². The molecule has 0 fully saturated rings. The smallest absolute Gasteiger partial charge is 0.345 e. The van der Waals surface area contributed by atoms with E-state index < -0.39 is 17.4 Å². The van der Waals surface area contributed by atoms with E-state index in [0.717, 1.165) is 0 Å². The van der Waals surface area contributed by atoms with E-state index in [4.69, 9.17) is 18.9 Å². The van der Waals surface area contributed by atoms with E-state index in [0.29, 0.717) is 23.3 Å². The molecule has 1 aromatic heterocycles. The van der Waals surface area contributed by atoms with Gasteiger partial charge in [0.15, 0.2) is 11.4 Å². The third kappa shape index (κ3) is 1.86. The molecule has 6 nitrogen and oxygen atoms in total. The molecule has 0 radical (unpaired) electrons. The lowest BCUT2D eigenvalue weighted by molar-refractivity contribution is -0.136. The lowest BCUT2D eigenvalue weighted by Gasteiger charge is -2.29. The minimum Gasteiger partial charge on any atom is -0.480 e. The maximum absolute atomic E-state index is 12.3. The van der Waals surface area contributed by atoms with Crippen LogP contribution in [0.2, 0.25) is 0 Å². The van der Waals surface area contributed by atoms with Crippen LogP contribution in [0.5, 0.6) is 5.88 Å². The van der Waals surface area contributed by atoms with Crippen LogP contribution in [0.15, 0.2) is 24.3 Å². The molecule has 1 atom stereocenters. The zero-order valence-electron chi connectivity index (χ0n) is 12.4. The van der Waals surface area contributed by atoms with Crippen LogP contribution in [0.3, 0.4) is 0 Å². The summed E-state index contributed by atoms with van der Waals surface area (Å²) >= 11 is 0. The molecule has 0 bridgehead atoms. The van der Waals surface area contributed by atoms with Gasteiger partial charge < -0.3 is 18.9 Å². The van der Waals surface area contributed by atoms with Gasteiger partial charge >= 0.3 is 5.97 Å². The second kappa shape index (κ2) is 4.38. The number of carbonyl (C=O) groups is 1. The molecule has 0 aliphatic carbocycles. The number of methoxy groups -OCH3 is 1. The predicted molar refractivity (Wildman–Crippen MR) is 72.5 cm³/mol. The van der Waals surface area contributed by atoms with Gasteiger partial charge in [0, 0.05) is 25.6 Å². The van der Waals surface area contributed by atoms with E-state index in [2.05, 4.69) is 4.98 Å². The first kappa shape index (κ1) is 13.7. The second-order valence-corrected chi connectivity index (χ2v) is 5.41. The number of nitrogens with zero attached hydrogens (tertiary/aromatic N) is 1. The van der Waals surface area contributed by atoms with Gasteiger partial charge in [-0.2, -0.15) is 0 Å². The quantitative estimate of drug-likeness (QED) is 0.797. The molecule has 2 aliphatic rings. The lowest BCUT2D eigenvalue weighted by Crippen LogP contribution is -2.31. The first-order chi connectivity index (χ1) is 9.93. The maximum Gasteiger partial charge on any atom is 0.345 e. The van der Waals surface area contributed by atoms with Gasteiger partial charge in [-0.3, -0.25) is 0 Å². The monoisotopic (exact) mass is 291 g/mol. The number of fused-ring (bicyclic) bond motifs is 1. The van der Waals surface area contributed by atoms with Gasteiger partial charge in [0.1, 0.15) is 11.8 Å². The van der Waals surface area contributed by atoms with Gasteiger partial charge in [0.2, 0.25) is 11.7 Å². The number of esters is 1. The summed E-state index contributed by atoms with van der Waals surface area (Å²) < 4.78 is 22.1. The molecule has 3 rings (SSSR count). The number of ether oxygens (including phenoxy) is 4. The molecular formula is C15H17NO5. The fourth-order valence-electron chi connectivity index (χ4n) is 2.70. The second-order valence-electron chi connectivity index (χ2n) is 5.41. The van der Waals surface area contributed by atoms with E-state index in [9.17, 15) is 4.79 Å². The Morgan fingerprint density at radius 3 is 2.67 bits per heavy atom. The van der Waals surface area contributed by atoms with Crippen molar-refractivity contribution in [1.29, 1.82) is 0 Å². The summed E-state index contributed by atoms with van der Waals surface area (Å²) in [6.07, 6.45) is 3.62. The first-order valence-electron chi connectivity index (χ1n) is 6.78. The van der Waals surface area contributed by atoms with Crippen LogP contribution < -0.4 is 4.74 Å². The van der Waals surface area contributed by atoms with Crippen LogP contribution in [0, 0.1) is 0 Å². The standard InChI is InChI=1S/C15H17NO5/c1-5-15(10-8-19-14(2,3)20-10)9-6-7-16-12(18-4)11(9)13(17)21-15/h6-8H,5H2,1-4H3. The highest BCUT2D eigenvalue weighted by Gasteiger charge is 2.53. The largest absolute Gasteiger partial charge is 0.480 e. The lowest BCUT2D eigenvalue weighted by atomic mass is 9.89. The molecule has 6 heteroatoms. The number of carbonyl (C=O) groups excluding carboxylic acids is 1. The minimum absolute atomic E-state index is 0.256. The predicted octanol–water partition coefficient (Wildman–Crippen LogP) is 2.49. The fourth-order valence-corrected chi connectivity index (χ4v) is 2.70. The molecule has 1 unspecified atom stereocenters. The summed E-state index contributed by atoms with van der Waals surface area (Å²) in [4.78, 5) is 16.3. The third-order valence-electron chi connectivity index (χ3n) is 3.72. The van der Waals surface area contributed by atoms with Crippen LogP contribution in [0.25, 0.3) is 0 Å². The highest BCUT2D eigenvalue weighted by Crippen LogP contribution is 2.49. The van der Waals surface area contributed by atoms with Gasteiger partial charge in [-0.1, -0.05) is 6.92 Å². The number of pyridine rings is 1. The molecule has 0 N–H and O–H groups in total. The Morgan fingerprint density at radius 2 is 2.10 bits per heavy atom. The molecule has 0 amide bonds. The van der Waals surface area contributed by atoms with Crippen LogP contribution in [-0.4, -0.2) is 23.9 Å².